The molecule has 0 fully saturated rings. The van der Waals surface area contributed by atoms with Gasteiger partial charge in [0.1, 0.15) is 23.1 Å². The van der Waals surface area contributed by atoms with Crippen LogP contribution in [0.2, 0.25) is 0 Å². The maximum absolute atomic E-state index is 12.5. The molecule has 1 aliphatic rings. The van der Waals surface area contributed by atoms with Crippen LogP contribution in [0.5, 0.6) is 5.75 Å². The van der Waals surface area contributed by atoms with E-state index in [9.17, 15) is 9.90 Å². The van der Waals surface area contributed by atoms with Crippen LogP contribution in [0.3, 0.4) is 0 Å². The van der Waals surface area contributed by atoms with Gasteiger partial charge in [0.25, 0.3) is 0 Å². The lowest BCUT2D eigenvalue weighted by Crippen LogP contribution is -3.05. The molecule has 2 atom stereocenters. The average Bonchev–Trinajstić information content (AvgIpc) is 2.73. The Morgan fingerprint density at radius 2 is 1.72 bits per heavy atom. The number of ether oxygens (including phenoxy) is 1. The fourth-order valence-electron chi connectivity index (χ4n) is 4.50. The van der Waals surface area contributed by atoms with Crippen LogP contribution >= 0.6 is 0 Å². The van der Waals surface area contributed by atoms with E-state index in [1.807, 2.05) is 46.0 Å². The lowest BCUT2D eigenvalue weighted by atomic mass is 9.84. The molecule has 0 bridgehead atoms. The monoisotopic (exact) mass is 431 g/mol. The molecular weight excluding hydrogens is 400 g/mol. The number of benzene rings is 3. The normalized spacial score (nSPS) is 17.3. The maximum Gasteiger partial charge on any atom is 0.310 e. The minimum Gasteiger partial charge on any atom is -0.508 e. The predicted octanol–water partition coefficient (Wildman–Crippen LogP) is 4.23. The van der Waals surface area contributed by atoms with Gasteiger partial charge in [0, 0.05) is 35.5 Å². The topological polar surface area (TPSA) is 63.0 Å². The Morgan fingerprint density at radius 1 is 1.03 bits per heavy atom. The number of hydrogen-bond donors (Lipinski definition) is 3. The second-order valence-corrected chi connectivity index (χ2v) is 9.40. The fraction of sp³-hybridized carbons (Fsp3) is 0.296. The van der Waals surface area contributed by atoms with E-state index in [0.29, 0.717) is 0 Å². The van der Waals surface area contributed by atoms with Gasteiger partial charge in [-0.15, -0.1) is 0 Å². The van der Waals surface area contributed by atoms with Crippen LogP contribution in [0.1, 0.15) is 43.5 Å². The van der Waals surface area contributed by atoms with Crippen LogP contribution in [0, 0.1) is 0 Å². The van der Waals surface area contributed by atoms with Crippen molar-refractivity contribution in [3.63, 3.8) is 0 Å². The molecule has 0 radical (unpaired) electrons. The minimum atomic E-state index is -0.506. The minimum absolute atomic E-state index is 0.0313. The summed E-state index contributed by atoms with van der Waals surface area (Å²) in [4.78, 5) is 13.7. The Bertz CT molecular complexity index is 1150. The molecule has 0 saturated carbocycles. The van der Waals surface area contributed by atoms with Gasteiger partial charge in [0.2, 0.25) is 0 Å². The van der Waals surface area contributed by atoms with Crippen molar-refractivity contribution in [1.82, 2.24) is 0 Å². The third-order valence-corrected chi connectivity index (χ3v) is 5.88. The van der Waals surface area contributed by atoms with E-state index < -0.39 is 5.60 Å². The number of quaternary nitrogens is 1. The highest BCUT2D eigenvalue weighted by Crippen LogP contribution is 2.40. The van der Waals surface area contributed by atoms with E-state index in [0.717, 1.165) is 16.8 Å². The van der Waals surface area contributed by atoms with Gasteiger partial charge in [0.15, 0.2) is 0 Å². The number of phenolic OH excluding ortho intramolecular Hbond substituents is 1. The number of phenols is 1. The highest BCUT2D eigenvalue weighted by Gasteiger charge is 2.35. The van der Waals surface area contributed by atoms with Gasteiger partial charge in [-0.1, -0.05) is 12.1 Å². The van der Waals surface area contributed by atoms with Crippen LogP contribution < -0.4 is 10.2 Å². The molecule has 0 amide bonds. The van der Waals surface area contributed by atoms with Crippen LogP contribution in [0.25, 0.3) is 11.1 Å². The first-order valence-electron chi connectivity index (χ1n) is 11.0. The van der Waals surface area contributed by atoms with E-state index in [-0.39, 0.29) is 24.2 Å². The van der Waals surface area contributed by atoms with E-state index in [4.69, 9.17) is 4.74 Å². The second kappa shape index (κ2) is 8.32. The van der Waals surface area contributed by atoms with Crippen molar-refractivity contribution in [2.75, 3.05) is 19.4 Å². The zero-order valence-electron chi connectivity index (χ0n) is 19.3. The van der Waals surface area contributed by atoms with Gasteiger partial charge < -0.3 is 15.2 Å². The van der Waals surface area contributed by atoms with Gasteiger partial charge in [-0.3, -0.25) is 9.69 Å². The summed E-state index contributed by atoms with van der Waals surface area (Å²) in [7, 11) is 4.09. The van der Waals surface area contributed by atoms with Crippen molar-refractivity contribution in [1.29, 1.82) is 0 Å². The second-order valence-electron chi connectivity index (χ2n) is 9.40. The summed E-state index contributed by atoms with van der Waals surface area (Å²) in [5, 5.41) is 13.0. The molecule has 5 nitrogen and oxygen atoms in total. The van der Waals surface area contributed by atoms with Crippen molar-refractivity contribution >= 4 is 17.3 Å². The van der Waals surface area contributed by atoms with Crippen LogP contribution in [0.4, 0.5) is 11.4 Å². The molecule has 1 heterocycles. The van der Waals surface area contributed by atoms with Crippen LogP contribution in [-0.4, -0.2) is 30.8 Å². The number of esters is 1. The quantitative estimate of drug-likeness (QED) is 0.541. The summed E-state index contributed by atoms with van der Waals surface area (Å²) in [5.74, 6) is 0.0215. The molecule has 3 aromatic carbocycles. The van der Waals surface area contributed by atoms with Crippen molar-refractivity contribution in [3.8, 4) is 16.9 Å². The first-order chi connectivity index (χ1) is 15.2. The van der Waals surface area contributed by atoms with Crippen molar-refractivity contribution in [2.45, 2.75) is 38.8 Å². The molecule has 3 N–H and O–H groups in total. The predicted molar refractivity (Wildman–Crippen MR) is 127 cm³/mol. The zero-order chi connectivity index (χ0) is 23.0. The van der Waals surface area contributed by atoms with E-state index in [2.05, 4.69) is 42.7 Å². The molecule has 2 unspecified atom stereocenters. The molecule has 0 spiro atoms. The van der Waals surface area contributed by atoms with E-state index in [1.165, 1.54) is 27.3 Å². The molecule has 4 rings (SSSR count). The number of rotatable bonds is 4. The average molecular weight is 432 g/mol. The highest BCUT2D eigenvalue weighted by atomic mass is 16.6. The van der Waals surface area contributed by atoms with Crippen LogP contribution in [-0.2, 0) is 16.0 Å². The molecular formula is C27H31N2O3+. The molecule has 166 valence electrons. The van der Waals surface area contributed by atoms with E-state index in [1.54, 1.807) is 12.1 Å². The summed E-state index contributed by atoms with van der Waals surface area (Å²) in [6.07, 6.45) is 0.234. The zero-order valence-corrected chi connectivity index (χ0v) is 19.3. The standard InChI is InChI=1S/C27H30N2O3/c1-27(2,3)32-25(31)15-17-6-12-21-22-13-9-19(28-4)16-24(22)29(5)26(23(21)14-17)18-7-10-20(30)11-8-18/h6-14,16,26,28,30H,15H2,1-5H3/p+1. The number of aromatic hydroxyl groups is 1. The Kier molecular flexibility index (Phi) is 5.70. The molecule has 0 aliphatic carbocycles. The molecule has 32 heavy (non-hydrogen) atoms. The molecule has 5 heteroatoms. The molecule has 1 aliphatic heterocycles. The van der Waals surface area contributed by atoms with Gasteiger partial charge in [0.05, 0.1) is 13.5 Å². The lowest BCUT2D eigenvalue weighted by molar-refractivity contribution is -0.839. The summed E-state index contributed by atoms with van der Waals surface area (Å²) in [6.45, 7) is 5.65. The largest absolute Gasteiger partial charge is 0.508 e. The van der Waals surface area contributed by atoms with Crippen molar-refractivity contribution < 1.29 is 19.5 Å². The SMILES string of the molecule is CNc1ccc2c(c1)[NH+](C)C(c1ccc(O)cc1)c1cc(CC(=O)OC(C)(C)C)ccc1-2. The number of hydrogen-bond acceptors (Lipinski definition) is 4. The summed E-state index contributed by atoms with van der Waals surface area (Å²) in [5.41, 5.74) is 7.34. The summed E-state index contributed by atoms with van der Waals surface area (Å²) >= 11 is 0. The first-order valence-corrected chi connectivity index (χ1v) is 11.0. The number of nitrogens with one attached hydrogen (secondary N) is 2. The Balaban J connectivity index is 1.82. The van der Waals surface area contributed by atoms with E-state index >= 15 is 0 Å². The van der Waals surface area contributed by atoms with Gasteiger partial charge >= 0.3 is 5.97 Å². The molecule has 0 saturated heterocycles. The Labute approximate surface area is 189 Å². The number of fused-ring (bicyclic) bond motifs is 3. The first kappa shape index (κ1) is 21.9. The molecule has 0 aromatic heterocycles. The smallest absolute Gasteiger partial charge is 0.310 e. The highest BCUT2D eigenvalue weighted by molar-refractivity contribution is 5.82. The third kappa shape index (κ3) is 4.34. The number of carbonyl (C=O) groups excluding carboxylic acids is 1. The summed E-state index contributed by atoms with van der Waals surface area (Å²) < 4.78 is 5.53. The summed E-state index contributed by atoms with van der Waals surface area (Å²) in [6, 6.07) is 20.1. The van der Waals surface area contributed by atoms with Crippen molar-refractivity contribution in [3.05, 3.63) is 77.4 Å². The Morgan fingerprint density at radius 3 is 2.38 bits per heavy atom. The molecule has 3 aromatic rings. The van der Waals surface area contributed by atoms with Gasteiger partial charge in [-0.25, -0.2) is 0 Å². The maximum atomic E-state index is 12.5. The number of anilines is 1. The number of carbonyl (C=O) groups is 1. The van der Waals surface area contributed by atoms with Crippen LogP contribution in [0.15, 0.2) is 60.7 Å². The van der Waals surface area contributed by atoms with Gasteiger partial charge in [-0.05, 0) is 74.4 Å². The third-order valence-electron chi connectivity index (χ3n) is 5.88. The van der Waals surface area contributed by atoms with Crippen molar-refractivity contribution in [2.24, 2.45) is 0 Å². The van der Waals surface area contributed by atoms with Gasteiger partial charge in [-0.2, -0.15) is 0 Å². The lowest BCUT2D eigenvalue weighted by Gasteiger charge is -2.34. The Hall–Kier alpha value is -3.31. The fourth-order valence-corrected chi connectivity index (χ4v) is 4.50.